The monoisotopic (exact) mass is 1130 g/mol. The van der Waals surface area contributed by atoms with E-state index in [-0.39, 0.29) is 38.6 Å². The largest absolute Gasteiger partial charge is 0.472 e. The molecule has 0 saturated heterocycles. The van der Waals surface area contributed by atoms with Gasteiger partial charge >= 0.3 is 19.8 Å². The summed E-state index contributed by atoms with van der Waals surface area (Å²) in [6, 6.07) is 0. The molecule has 0 aliphatic heterocycles. The second-order valence-electron chi connectivity index (χ2n) is 22.3. The molecule has 0 saturated carbocycles. The van der Waals surface area contributed by atoms with Crippen LogP contribution in [0.4, 0.5) is 0 Å². The molecule has 3 N–H and O–H groups in total. The number of rotatable bonds is 63. The lowest BCUT2D eigenvalue weighted by molar-refractivity contribution is -0.161. The number of carbonyl (C=O) groups is 2. The Hall–Kier alpha value is -2.55. The van der Waals surface area contributed by atoms with Gasteiger partial charge in [0.25, 0.3) is 0 Å². The summed E-state index contributed by atoms with van der Waals surface area (Å²) in [5, 5.41) is 0. The second kappa shape index (κ2) is 64.6. The Kier molecular flexibility index (Phi) is 62.5. The zero-order chi connectivity index (χ0) is 57.3. The van der Waals surface area contributed by atoms with Crippen molar-refractivity contribution in [3.63, 3.8) is 0 Å². The number of unbranched alkanes of at least 4 members (excludes halogenated alkanes) is 38. The highest BCUT2D eigenvalue weighted by atomic mass is 31.2. The fourth-order valence-electron chi connectivity index (χ4n) is 9.66. The van der Waals surface area contributed by atoms with Crippen LogP contribution in [0.25, 0.3) is 0 Å². The second-order valence-corrected chi connectivity index (χ2v) is 23.8. The number of esters is 2. The first kappa shape index (κ1) is 76.5. The van der Waals surface area contributed by atoms with Gasteiger partial charge in [-0.15, -0.1) is 0 Å². The van der Waals surface area contributed by atoms with E-state index in [4.69, 9.17) is 24.3 Å². The molecule has 0 aliphatic carbocycles. The minimum absolute atomic E-state index is 0.0535. The number of allylic oxidation sites excluding steroid dienone is 12. The lowest BCUT2D eigenvalue weighted by Gasteiger charge is -2.19. The van der Waals surface area contributed by atoms with Gasteiger partial charge in [0.15, 0.2) is 6.10 Å². The molecule has 2 unspecified atom stereocenters. The highest BCUT2D eigenvalue weighted by molar-refractivity contribution is 7.47. The third kappa shape index (κ3) is 64.5. The lowest BCUT2D eigenvalue weighted by atomic mass is 10.0. The quantitative estimate of drug-likeness (QED) is 0.0264. The first-order chi connectivity index (χ1) is 38.8. The van der Waals surface area contributed by atoms with Crippen LogP contribution in [0.1, 0.15) is 322 Å². The summed E-state index contributed by atoms with van der Waals surface area (Å²) in [5.74, 6) is -0.816. The molecule has 10 heteroatoms. The van der Waals surface area contributed by atoms with Gasteiger partial charge < -0.3 is 20.1 Å². The number of phosphoric ester groups is 1. The Morgan fingerprint density at radius 2 is 0.696 bits per heavy atom. The molecule has 0 aromatic heterocycles. The lowest BCUT2D eigenvalue weighted by Crippen LogP contribution is -2.29. The average molecular weight is 1130 g/mol. The van der Waals surface area contributed by atoms with Crippen LogP contribution in [0.2, 0.25) is 0 Å². The molecule has 0 aromatic rings. The van der Waals surface area contributed by atoms with Crippen molar-refractivity contribution in [1.29, 1.82) is 0 Å². The van der Waals surface area contributed by atoms with Crippen LogP contribution in [-0.2, 0) is 32.7 Å². The van der Waals surface area contributed by atoms with Crippen molar-refractivity contribution in [3.05, 3.63) is 72.9 Å². The third-order valence-electron chi connectivity index (χ3n) is 14.6. The highest BCUT2D eigenvalue weighted by Crippen LogP contribution is 2.43. The van der Waals surface area contributed by atoms with Crippen LogP contribution in [0, 0.1) is 0 Å². The van der Waals surface area contributed by atoms with Gasteiger partial charge in [-0.05, 0) is 83.5 Å². The summed E-state index contributed by atoms with van der Waals surface area (Å²) in [7, 11) is -4.39. The molecular weight excluding hydrogens is 1000 g/mol. The maximum absolute atomic E-state index is 12.7. The molecular formula is C69H126NO8P. The van der Waals surface area contributed by atoms with Gasteiger partial charge in [0, 0.05) is 19.4 Å². The van der Waals surface area contributed by atoms with Crippen LogP contribution >= 0.6 is 7.82 Å². The molecule has 0 amide bonds. The summed E-state index contributed by atoms with van der Waals surface area (Å²) in [5.41, 5.74) is 5.40. The van der Waals surface area contributed by atoms with Gasteiger partial charge in [0.1, 0.15) is 6.61 Å². The standard InChI is InChI=1S/C69H126NO8P/c1-3-5-7-9-11-13-15-17-19-21-23-25-26-27-28-29-30-31-32-33-34-35-36-37-38-39-40-42-44-46-48-50-52-54-56-58-60-62-69(72)78-67(66-77-79(73,74)76-64-63-70)65-75-68(71)61-59-57-55-53-51-49-47-45-43-41-24-22-20-18-16-14-12-10-8-6-4-2/h5,7,11,13,17,19,22-25,27-28,67H,3-4,6,8-10,12,14-16,18,20-21,26,29-66,70H2,1-2H3,(H,73,74)/b7-5-,13-11-,19-17-,24-22-,25-23-,28-27-. The Morgan fingerprint density at radius 3 is 1.05 bits per heavy atom. The minimum Gasteiger partial charge on any atom is -0.462 e. The first-order valence-corrected chi connectivity index (χ1v) is 34.9. The van der Waals surface area contributed by atoms with Crippen LogP contribution in [0.3, 0.4) is 0 Å². The Balaban J connectivity index is 3.83. The molecule has 0 rings (SSSR count). The van der Waals surface area contributed by atoms with Crippen molar-refractivity contribution in [2.24, 2.45) is 5.73 Å². The van der Waals surface area contributed by atoms with Crippen molar-refractivity contribution in [2.75, 3.05) is 26.4 Å². The minimum atomic E-state index is -4.39. The number of hydrogen-bond donors (Lipinski definition) is 2. The molecule has 0 aliphatic rings. The van der Waals surface area contributed by atoms with E-state index < -0.39 is 26.5 Å². The van der Waals surface area contributed by atoms with Gasteiger partial charge in [-0.1, -0.05) is 299 Å². The SMILES string of the molecule is CC/C=C\C/C=C\C/C=C\C/C=C\C/C=C\CCCCCCCCCCCCCCCCCCCCCCCC(=O)OC(COC(=O)CCCCCCCCCCC/C=C\CCCCCCCCCC)COP(=O)(O)OCCN. The first-order valence-electron chi connectivity index (χ1n) is 33.4. The summed E-state index contributed by atoms with van der Waals surface area (Å²) >= 11 is 0. The molecule has 0 heterocycles. The summed E-state index contributed by atoms with van der Waals surface area (Å²) in [6.07, 6.45) is 84.2. The van der Waals surface area contributed by atoms with E-state index in [1.54, 1.807) is 0 Å². The van der Waals surface area contributed by atoms with Crippen molar-refractivity contribution in [1.82, 2.24) is 0 Å². The van der Waals surface area contributed by atoms with Crippen LogP contribution in [0.15, 0.2) is 72.9 Å². The molecule has 0 bridgehead atoms. The maximum Gasteiger partial charge on any atom is 0.472 e. The van der Waals surface area contributed by atoms with E-state index in [2.05, 4.69) is 86.8 Å². The van der Waals surface area contributed by atoms with E-state index >= 15 is 0 Å². The Labute approximate surface area is 488 Å². The fourth-order valence-corrected chi connectivity index (χ4v) is 10.4. The summed E-state index contributed by atoms with van der Waals surface area (Å²) in [4.78, 5) is 35.3. The van der Waals surface area contributed by atoms with Crippen molar-refractivity contribution in [3.8, 4) is 0 Å². The predicted molar refractivity (Wildman–Crippen MR) is 339 cm³/mol. The summed E-state index contributed by atoms with van der Waals surface area (Å²) < 4.78 is 33.1. The predicted octanol–water partition coefficient (Wildman–Crippen LogP) is 21.6. The molecule has 0 aromatic carbocycles. The van der Waals surface area contributed by atoms with E-state index in [0.717, 1.165) is 64.2 Å². The zero-order valence-electron chi connectivity index (χ0n) is 51.6. The van der Waals surface area contributed by atoms with Gasteiger partial charge in [0.05, 0.1) is 13.2 Å². The van der Waals surface area contributed by atoms with E-state index in [1.165, 1.54) is 225 Å². The van der Waals surface area contributed by atoms with Crippen LogP contribution in [0.5, 0.6) is 0 Å². The zero-order valence-corrected chi connectivity index (χ0v) is 52.5. The average Bonchev–Trinajstić information content (AvgIpc) is 3.44. The van der Waals surface area contributed by atoms with E-state index in [1.807, 2.05) is 0 Å². The molecule has 9 nitrogen and oxygen atoms in total. The Bertz CT molecular complexity index is 1520. The van der Waals surface area contributed by atoms with Gasteiger partial charge in [-0.25, -0.2) is 4.57 Å². The topological polar surface area (TPSA) is 134 Å². The smallest absolute Gasteiger partial charge is 0.462 e. The number of phosphoric acid groups is 1. The normalized spacial score (nSPS) is 13.4. The molecule has 0 spiro atoms. The van der Waals surface area contributed by atoms with Gasteiger partial charge in [0.2, 0.25) is 0 Å². The molecule has 2 atom stereocenters. The molecule has 0 radical (unpaired) electrons. The van der Waals surface area contributed by atoms with Crippen LogP contribution < -0.4 is 5.73 Å². The van der Waals surface area contributed by atoms with E-state index in [9.17, 15) is 19.0 Å². The fraction of sp³-hybridized carbons (Fsp3) is 0.797. The molecule has 0 fully saturated rings. The Morgan fingerprint density at radius 1 is 0.392 bits per heavy atom. The number of ether oxygens (including phenoxy) is 2. The maximum atomic E-state index is 12.7. The molecule has 460 valence electrons. The van der Waals surface area contributed by atoms with Crippen molar-refractivity contribution < 1.29 is 37.6 Å². The molecule has 79 heavy (non-hydrogen) atoms. The number of carbonyl (C=O) groups excluding carboxylic acids is 2. The van der Waals surface area contributed by atoms with E-state index in [0.29, 0.717) is 6.42 Å². The van der Waals surface area contributed by atoms with Crippen molar-refractivity contribution in [2.45, 2.75) is 328 Å². The number of hydrogen-bond acceptors (Lipinski definition) is 8. The summed E-state index contributed by atoms with van der Waals surface area (Å²) in [6.45, 7) is 3.67. The van der Waals surface area contributed by atoms with Crippen molar-refractivity contribution >= 4 is 19.8 Å². The highest BCUT2D eigenvalue weighted by Gasteiger charge is 2.26. The van der Waals surface area contributed by atoms with Crippen LogP contribution in [-0.4, -0.2) is 49.3 Å². The third-order valence-corrected chi connectivity index (χ3v) is 15.6. The number of nitrogens with two attached hydrogens (primary N) is 1. The van der Waals surface area contributed by atoms with Gasteiger partial charge in [-0.2, -0.15) is 0 Å². The van der Waals surface area contributed by atoms with Gasteiger partial charge in [-0.3, -0.25) is 18.6 Å².